The molecule has 0 fully saturated rings. The van der Waals surface area contributed by atoms with Gasteiger partial charge in [0.15, 0.2) is 5.82 Å². The van der Waals surface area contributed by atoms with Crippen molar-refractivity contribution in [3.63, 3.8) is 0 Å². The van der Waals surface area contributed by atoms with Gasteiger partial charge >= 0.3 is 0 Å². The van der Waals surface area contributed by atoms with Crippen LogP contribution in [0.25, 0.3) is 28.0 Å². The molecule has 5 aromatic rings. The van der Waals surface area contributed by atoms with E-state index in [9.17, 15) is 4.79 Å². The molecule has 0 bridgehead atoms. The summed E-state index contributed by atoms with van der Waals surface area (Å²) in [6, 6.07) is 15.4. The van der Waals surface area contributed by atoms with Gasteiger partial charge in [-0.2, -0.15) is 0 Å². The van der Waals surface area contributed by atoms with Gasteiger partial charge in [-0.25, -0.2) is 4.98 Å². The maximum Gasteiger partial charge on any atom is 0.230 e. The Balaban J connectivity index is 1.33. The number of carbonyl (C=O) groups excluding carboxylic acids is 1. The maximum atomic E-state index is 12.6. The molecule has 1 aromatic carbocycles. The fourth-order valence-electron chi connectivity index (χ4n) is 3.82. The summed E-state index contributed by atoms with van der Waals surface area (Å²) in [5.41, 5.74) is 5.34. The second-order valence-electron chi connectivity index (χ2n) is 9.38. The van der Waals surface area contributed by atoms with E-state index >= 15 is 0 Å². The highest BCUT2D eigenvalue weighted by Gasteiger charge is 2.20. The molecule has 7 nitrogen and oxygen atoms in total. The number of hydrogen-bond donors (Lipinski definition) is 1. The second kappa shape index (κ2) is 9.00. The van der Waals surface area contributed by atoms with Crippen molar-refractivity contribution in [2.24, 2.45) is 0 Å². The summed E-state index contributed by atoms with van der Waals surface area (Å²) in [6.07, 6.45) is 7.48. The maximum absolute atomic E-state index is 12.6. The standard InChI is InChI=1S/C27H24ClN5O2/c1-27(2,3)23-15-24(32-35-23)31-26(34)14-19-4-5-20(12-21(19)28)22-16-30-25-13-18(8-11-33(22)25)17-6-9-29-10-7-17/h4-13,15-16H,14H2,1-3H3,(H,31,32,34). The topological polar surface area (TPSA) is 85.3 Å². The molecule has 5 rings (SSSR count). The molecule has 0 saturated carbocycles. The normalized spacial score (nSPS) is 11.7. The number of aromatic nitrogens is 4. The third-order valence-electron chi connectivity index (χ3n) is 5.74. The molecule has 0 aliphatic rings. The molecule has 0 radical (unpaired) electrons. The predicted octanol–water partition coefficient (Wildman–Crippen LogP) is 6.18. The van der Waals surface area contributed by atoms with E-state index in [1.165, 1.54) is 0 Å². The Morgan fingerprint density at radius 2 is 1.83 bits per heavy atom. The van der Waals surface area contributed by atoms with Crippen molar-refractivity contribution in [3.8, 4) is 22.4 Å². The van der Waals surface area contributed by atoms with Crippen LogP contribution in [0.3, 0.4) is 0 Å². The molecule has 0 aliphatic carbocycles. The number of fused-ring (bicyclic) bond motifs is 1. The van der Waals surface area contributed by atoms with Crippen molar-refractivity contribution in [1.82, 2.24) is 19.5 Å². The molecule has 0 saturated heterocycles. The molecule has 35 heavy (non-hydrogen) atoms. The molecule has 0 spiro atoms. The van der Waals surface area contributed by atoms with E-state index in [0.29, 0.717) is 16.6 Å². The lowest BCUT2D eigenvalue weighted by molar-refractivity contribution is -0.115. The van der Waals surface area contributed by atoms with E-state index in [-0.39, 0.29) is 17.7 Å². The van der Waals surface area contributed by atoms with Crippen molar-refractivity contribution in [2.75, 3.05) is 5.32 Å². The minimum Gasteiger partial charge on any atom is -0.359 e. The fourth-order valence-corrected chi connectivity index (χ4v) is 4.06. The van der Waals surface area contributed by atoms with Gasteiger partial charge in [-0.15, -0.1) is 0 Å². The number of imidazole rings is 1. The Kier molecular flexibility index (Phi) is 5.86. The Morgan fingerprint density at radius 1 is 1.03 bits per heavy atom. The highest BCUT2D eigenvalue weighted by molar-refractivity contribution is 6.31. The van der Waals surface area contributed by atoms with E-state index in [4.69, 9.17) is 16.1 Å². The summed E-state index contributed by atoms with van der Waals surface area (Å²) in [6.45, 7) is 6.05. The van der Waals surface area contributed by atoms with Crippen molar-refractivity contribution in [3.05, 3.63) is 89.7 Å². The number of nitrogens with zero attached hydrogens (tertiary/aromatic N) is 4. The van der Waals surface area contributed by atoms with Crippen LogP contribution >= 0.6 is 11.6 Å². The number of anilines is 1. The molecule has 1 amide bonds. The van der Waals surface area contributed by atoms with Gasteiger partial charge in [0.1, 0.15) is 11.4 Å². The number of nitrogens with one attached hydrogen (secondary N) is 1. The van der Waals surface area contributed by atoms with Gasteiger partial charge in [-0.1, -0.05) is 49.7 Å². The Bertz CT molecular complexity index is 1520. The molecule has 0 unspecified atom stereocenters. The van der Waals surface area contributed by atoms with Crippen LogP contribution in [0.2, 0.25) is 5.02 Å². The van der Waals surface area contributed by atoms with E-state index in [1.807, 2.05) is 80.0 Å². The molecule has 0 atom stereocenters. The SMILES string of the molecule is CC(C)(C)c1cc(NC(=O)Cc2ccc(-c3cnc4cc(-c5ccncc5)ccn34)cc2Cl)no1. The quantitative estimate of drug-likeness (QED) is 0.321. The van der Waals surface area contributed by atoms with E-state index < -0.39 is 0 Å². The third-order valence-corrected chi connectivity index (χ3v) is 6.10. The van der Waals surface area contributed by atoms with Gasteiger partial charge in [-0.05, 0) is 47.0 Å². The number of hydrogen-bond acceptors (Lipinski definition) is 5. The predicted molar refractivity (Wildman–Crippen MR) is 136 cm³/mol. The average Bonchev–Trinajstić information content (AvgIpc) is 3.48. The largest absolute Gasteiger partial charge is 0.359 e. The Morgan fingerprint density at radius 3 is 2.54 bits per heavy atom. The molecule has 0 aliphatic heterocycles. The summed E-state index contributed by atoms with van der Waals surface area (Å²) in [7, 11) is 0. The number of pyridine rings is 2. The molecular formula is C27H24ClN5O2. The van der Waals surface area contributed by atoms with Gasteiger partial charge in [0, 0.05) is 40.7 Å². The lowest BCUT2D eigenvalue weighted by Gasteiger charge is -2.12. The van der Waals surface area contributed by atoms with Gasteiger partial charge in [0.25, 0.3) is 0 Å². The van der Waals surface area contributed by atoms with Crippen LogP contribution < -0.4 is 5.32 Å². The molecule has 8 heteroatoms. The molecule has 4 heterocycles. The van der Waals surface area contributed by atoms with Crippen LogP contribution in [0.15, 0.2) is 77.8 Å². The summed E-state index contributed by atoms with van der Waals surface area (Å²) in [4.78, 5) is 21.2. The van der Waals surface area contributed by atoms with Crippen LogP contribution in [0.1, 0.15) is 32.1 Å². The van der Waals surface area contributed by atoms with Crippen LogP contribution in [0.4, 0.5) is 5.82 Å². The van der Waals surface area contributed by atoms with Gasteiger partial charge < -0.3 is 9.84 Å². The smallest absolute Gasteiger partial charge is 0.230 e. The first kappa shape index (κ1) is 22.8. The summed E-state index contributed by atoms with van der Waals surface area (Å²) >= 11 is 6.56. The molecule has 1 N–H and O–H groups in total. The monoisotopic (exact) mass is 485 g/mol. The zero-order chi connectivity index (χ0) is 24.6. The van der Waals surface area contributed by atoms with Gasteiger partial charge in [0.2, 0.25) is 5.91 Å². The highest BCUT2D eigenvalue weighted by atomic mass is 35.5. The lowest BCUT2D eigenvalue weighted by Crippen LogP contribution is -2.15. The minimum atomic E-state index is -0.216. The second-order valence-corrected chi connectivity index (χ2v) is 9.79. The Labute approximate surface area is 207 Å². The highest BCUT2D eigenvalue weighted by Crippen LogP contribution is 2.29. The van der Waals surface area contributed by atoms with Gasteiger partial charge in [0.05, 0.1) is 18.3 Å². The van der Waals surface area contributed by atoms with E-state index in [2.05, 4.69) is 20.4 Å². The Hall–Kier alpha value is -3.97. The van der Waals surface area contributed by atoms with Crippen LogP contribution in [0.5, 0.6) is 0 Å². The van der Waals surface area contributed by atoms with Crippen molar-refractivity contribution in [1.29, 1.82) is 0 Å². The zero-order valence-corrected chi connectivity index (χ0v) is 20.4. The van der Waals surface area contributed by atoms with E-state index in [1.54, 1.807) is 18.5 Å². The first-order valence-corrected chi connectivity index (χ1v) is 11.6. The minimum absolute atomic E-state index is 0.124. The number of benzene rings is 1. The summed E-state index contributed by atoms with van der Waals surface area (Å²) in [5, 5.41) is 7.22. The average molecular weight is 486 g/mol. The first-order valence-electron chi connectivity index (χ1n) is 11.2. The summed E-state index contributed by atoms with van der Waals surface area (Å²) in [5.74, 6) is 0.882. The van der Waals surface area contributed by atoms with Crippen LogP contribution in [-0.4, -0.2) is 25.4 Å². The first-order chi connectivity index (χ1) is 16.8. The third kappa shape index (κ3) is 4.81. The van der Waals surface area contributed by atoms with Gasteiger partial charge in [-0.3, -0.25) is 14.2 Å². The van der Waals surface area contributed by atoms with E-state index in [0.717, 1.165) is 33.6 Å². The van der Waals surface area contributed by atoms with Crippen LogP contribution in [0, 0.1) is 0 Å². The van der Waals surface area contributed by atoms with Crippen LogP contribution in [-0.2, 0) is 16.6 Å². The van der Waals surface area contributed by atoms with Crippen molar-refractivity contribution in [2.45, 2.75) is 32.6 Å². The number of rotatable bonds is 5. The molecule has 176 valence electrons. The zero-order valence-electron chi connectivity index (χ0n) is 19.6. The summed E-state index contributed by atoms with van der Waals surface area (Å²) < 4.78 is 7.34. The van der Waals surface area contributed by atoms with Crippen molar-refractivity contribution >= 4 is 29.0 Å². The number of carbonyl (C=O) groups is 1. The molecule has 4 aromatic heterocycles. The number of amides is 1. The van der Waals surface area contributed by atoms with Crippen molar-refractivity contribution < 1.29 is 9.32 Å². The lowest BCUT2D eigenvalue weighted by atomic mass is 9.93. The molecular weight excluding hydrogens is 462 g/mol. The number of halogens is 1. The fraction of sp³-hybridized carbons (Fsp3) is 0.185.